The van der Waals surface area contributed by atoms with Crippen LogP contribution in [0.4, 0.5) is 0 Å². The van der Waals surface area contributed by atoms with E-state index in [0.29, 0.717) is 33.0 Å². The van der Waals surface area contributed by atoms with Gasteiger partial charge in [-0.2, -0.15) is 0 Å². The number of thioether (sulfide) groups is 2. The highest BCUT2D eigenvalue weighted by atomic mass is 32.2. The molecule has 3 atom stereocenters. The van der Waals surface area contributed by atoms with Gasteiger partial charge in [0.2, 0.25) is 0 Å². The molecule has 0 unspecified atom stereocenters. The summed E-state index contributed by atoms with van der Waals surface area (Å²) in [5, 5.41) is 0. The maximum atomic E-state index is 6.79. The summed E-state index contributed by atoms with van der Waals surface area (Å²) in [6, 6.07) is 41.2. The van der Waals surface area contributed by atoms with Gasteiger partial charge in [-0.25, -0.2) is 0 Å². The molecule has 41 heavy (non-hydrogen) atoms. The summed E-state index contributed by atoms with van der Waals surface area (Å²) < 4.78 is 26.8. The molecule has 4 aromatic carbocycles. The molecule has 0 aromatic heterocycles. The van der Waals surface area contributed by atoms with Crippen molar-refractivity contribution in [1.82, 2.24) is 0 Å². The lowest BCUT2D eigenvalue weighted by atomic mass is 10.1. The summed E-state index contributed by atoms with van der Waals surface area (Å²) in [6.45, 7) is 2.38. The zero-order chi connectivity index (χ0) is 28.0. The van der Waals surface area contributed by atoms with Crippen LogP contribution in [0.25, 0.3) is 0 Å². The highest BCUT2D eigenvalue weighted by Crippen LogP contribution is 2.39. The van der Waals surface area contributed by atoms with Crippen LogP contribution in [-0.4, -0.2) is 41.0 Å². The lowest BCUT2D eigenvalue weighted by Crippen LogP contribution is -2.48. The molecule has 0 radical (unpaired) electrons. The predicted molar refractivity (Wildman–Crippen MR) is 170 cm³/mol. The molecular weight excluding hydrogens is 549 g/mol. The van der Waals surface area contributed by atoms with Crippen molar-refractivity contribution in [2.24, 2.45) is 0 Å². The van der Waals surface area contributed by atoms with Crippen LogP contribution in [0.2, 0.25) is 0 Å². The fourth-order valence-electron chi connectivity index (χ4n) is 4.72. The first-order valence-corrected chi connectivity index (χ1v) is 16.3. The van der Waals surface area contributed by atoms with E-state index in [0.717, 1.165) is 33.8 Å². The summed E-state index contributed by atoms with van der Waals surface area (Å²) in [6.07, 6.45) is -0.843. The molecule has 0 N–H and O–H groups in total. The van der Waals surface area contributed by atoms with Crippen molar-refractivity contribution in [1.29, 1.82) is 0 Å². The highest BCUT2D eigenvalue weighted by molar-refractivity contribution is 8.20. The Morgan fingerprint density at radius 1 is 0.512 bits per heavy atom. The first kappa shape index (κ1) is 29.9. The fraction of sp³-hybridized carbons (Fsp3) is 0.314. The third-order valence-corrected chi connectivity index (χ3v) is 10.0. The lowest BCUT2D eigenvalue weighted by Gasteiger charge is -2.36. The van der Waals surface area contributed by atoms with E-state index in [4.69, 9.17) is 18.9 Å². The molecule has 4 nitrogen and oxygen atoms in total. The minimum atomic E-state index is -0.332. The van der Waals surface area contributed by atoms with Crippen molar-refractivity contribution in [3.63, 3.8) is 0 Å². The Balaban J connectivity index is 1.39. The Morgan fingerprint density at radius 2 is 0.927 bits per heavy atom. The van der Waals surface area contributed by atoms with E-state index >= 15 is 0 Å². The van der Waals surface area contributed by atoms with Gasteiger partial charge in [0, 0.05) is 11.5 Å². The van der Waals surface area contributed by atoms with Gasteiger partial charge in [0.05, 0.1) is 37.6 Å². The molecule has 1 heterocycles. The van der Waals surface area contributed by atoms with Crippen molar-refractivity contribution in [2.45, 2.75) is 49.3 Å². The topological polar surface area (TPSA) is 36.9 Å². The predicted octanol–water partition coefficient (Wildman–Crippen LogP) is 7.77. The smallest absolute Gasteiger partial charge is 0.114 e. The van der Waals surface area contributed by atoms with Crippen molar-refractivity contribution in [2.75, 3.05) is 18.1 Å². The summed E-state index contributed by atoms with van der Waals surface area (Å²) in [5.74, 6) is 2.21. The molecule has 0 bridgehead atoms. The zero-order valence-electron chi connectivity index (χ0n) is 23.3. The first-order chi connectivity index (χ1) is 20.3. The van der Waals surface area contributed by atoms with E-state index in [9.17, 15) is 0 Å². The van der Waals surface area contributed by atoms with Crippen LogP contribution in [0.3, 0.4) is 0 Å². The Kier molecular flexibility index (Phi) is 12.2. The maximum absolute atomic E-state index is 6.79. The van der Waals surface area contributed by atoms with Gasteiger partial charge in [0.25, 0.3) is 0 Å². The van der Waals surface area contributed by atoms with Gasteiger partial charge < -0.3 is 18.9 Å². The quantitative estimate of drug-likeness (QED) is 0.134. The van der Waals surface area contributed by atoms with E-state index in [1.54, 1.807) is 0 Å². The summed E-state index contributed by atoms with van der Waals surface area (Å²) in [4.78, 5) is 0. The van der Waals surface area contributed by atoms with E-state index < -0.39 is 0 Å². The van der Waals surface area contributed by atoms with Gasteiger partial charge in [-0.3, -0.25) is 0 Å². The normalized spacial score (nSPS) is 15.9. The van der Waals surface area contributed by atoms with Gasteiger partial charge in [-0.1, -0.05) is 121 Å². The average Bonchev–Trinajstić information content (AvgIpc) is 3.58. The number of benzene rings is 4. The van der Waals surface area contributed by atoms with Gasteiger partial charge in [-0.05, 0) is 22.3 Å². The molecule has 5 rings (SSSR count). The first-order valence-electron chi connectivity index (χ1n) is 14.2. The molecule has 0 spiro atoms. The minimum Gasteiger partial charge on any atom is -0.374 e. The third kappa shape index (κ3) is 9.74. The van der Waals surface area contributed by atoms with Gasteiger partial charge in [-0.15, -0.1) is 23.5 Å². The average molecular weight is 587 g/mol. The van der Waals surface area contributed by atoms with E-state index in [-0.39, 0.29) is 22.9 Å². The molecule has 1 aliphatic heterocycles. The van der Waals surface area contributed by atoms with Crippen LogP contribution in [-0.2, 0) is 45.4 Å². The Hall–Kier alpha value is -2.58. The third-order valence-electron chi connectivity index (χ3n) is 6.88. The largest absolute Gasteiger partial charge is 0.374 e. The fourth-order valence-corrected chi connectivity index (χ4v) is 7.77. The Bertz CT molecular complexity index is 1240. The second-order valence-corrected chi connectivity index (χ2v) is 12.8. The Labute approximate surface area is 252 Å². The van der Waals surface area contributed by atoms with Crippen LogP contribution < -0.4 is 0 Å². The minimum absolute atomic E-state index is 0.183. The lowest BCUT2D eigenvalue weighted by molar-refractivity contribution is -0.164. The molecule has 4 aromatic rings. The second kappa shape index (κ2) is 16.8. The van der Waals surface area contributed by atoms with Crippen LogP contribution in [0.5, 0.6) is 0 Å². The number of hydrogen-bond acceptors (Lipinski definition) is 6. The van der Waals surface area contributed by atoms with Crippen molar-refractivity contribution in [3.05, 3.63) is 144 Å². The molecule has 1 saturated heterocycles. The summed E-state index contributed by atoms with van der Waals surface area (Å²) in [5.41, 5.74) is 4.52. The molecular formula is C35H38O4S2. The van der Waals surface area contributed by atoms with Gasteiger partial charge in [0.1, 0.15) is 18.3 Å². The second-order valence-electron chi connectivity index (χ2n) is 9.97. The van der Waals surface area contributed by atoms with Crippen LogP contribution in [0, 0.1) is 0 Å². The van der Waals surface area contributed by atoms with E-state index in [2.05, 4.69) is 60.7 Å². The molecule has 214 valence electrons. The number of hydrogen-bond donors (Lipinski definition) is 0. The highest BCUT2D eigenvalue weighted by Gasteiger charge is 2.40. The zero-order valence-corrected chi connectivity index (χ0v) is 24.9. The van der Waals surface area contributed by atoms with Crippen molar-refractivity contribution >= 4 is 23.5 Å². The van der Waals surface area contributed by atoms with Crippen LogP contribution >= 0.6 is 23.5 Å². The number of ether oxygens (including phenoxy) is 4. The van der Waals surface area contributed by atoms with E-state index in [1.807, 2.05) is 84.2 Å². The van der Waals surface area contributed by atoms with Gasteiger partial charge in [0.15, 0.2) is 0 Å². The number of rotatable bonds is 16. The van der Waals surface area contributed by atoms with Crippen LogP contribution in [0.15, 0.2) is 121 Å². The molecule has 1 aliphatic rings. The Morgan fingerprint density at radius 3 is 1.41 bits per heavy atom. The monoisotopic (exact) mass is 586 g/mol. The molecule has 1 fully saturated rings. The van der Waals surface area contributed by atoms with Crippen molar-refractivity contribution in [3.8, 4) is 0 Å². The van der Waals surface area contributed by atoms with Gasteiger partial charge >= 0.3 is 0 Å². The van der Waals surface area contributed by atoms with E-state index in [1.165, 1.54) is 0 Å². The molecule has 0 amide bonds. The molecule has 0 aliphatic carbocycles. The standard InChI is InChI=1S/C35H38O4S2/c1-5-13-28(14-6-1)23-36-27-32(37-24-29-15-7-2-8-16-29)33(38-25-30-17-9-3-10-18-30)34(35-40-21-22-41-35)39-26-31-19-11-4-12-20-31/h1-20,32-35H,21-27H2/t32-,33-,34+/m1/s1. The molecule has 0 saturated carbocycles. The SMILES string of the molecule is c1ccc(COC[C@@H](OCc2ccccc2)[C@@H](OCc2ccccc2)[C@H](OCc2ccccc2)C2SCCS2)cc1. The van der Waals surface area contributed by atoms with Crippen molar-refractivity contribution < 1.29 is 18.9 Å². The molecule has 6 heteroatoms. The maximum Gasteiger partial charge on any atom is 0.114 e. The van der Waals surface area contributed by atoms with Crippen LogP contribution in [0.1, 0.15) is 22.3 Å². The summed E-state index contributed by atoms with van der Waals surface area (Å²) in [7, 11) is 0. The summed E-state index contributed by atoms with van der Waals surface area (Å²) >= 11 is 3.90.